The Labute approximate surface area is 194 Å². The molecule has 0 bridgehead atoms. The molecular formula is C25H30Cl2N2O2. The van der Waals surface area contributed by atoms with Crippen LogP contribution in [0, 0.1) is 6.92 Å². The van der Waals surface area contributed by atoms with Gasteiger partial charge in [0.2, 0.25) is 11.8 Å². The molecule has 4 nitrogen and oxygen atoms in total. The van der Waals surface area contributed by atoms with E-state index in [1.165, 1.54) is 6.42 Å². The highest BCUT2D eigenvalue weighted by molar-refractivity contribution is 6.35. The first-order chi connectivity index (χ1) is 14.8. The number of carbonyl (C=O) groups is 2. The molecule has 3 rings (SSSR count). The second-order valence-corrected chi connectivity index (χ2v) is 9.22. The van der Waals surface area contributed by atoms with E-state index < -0.39 is 6.04 Å². The normalized spacial score (nSPS) is 15.4. The van der Waals surface area contributed by atoms with Crippen LogP contribution in [0.2, 0.25) is 10.0 Å². The predicted octanol–water partition coefficient (Wildman–Crippen LogP) is 5.71. The third-order valence-corrected chi connectivity index (χ3v) is 6.66. The van der Waals surface area contributed by atoms with Crippen LogP contribution < -0.4 is 5.32 Å². The molecule has 2 amide bonds. The molecule has 2 aromatic carbocycles. The first kappa shape index (κ1) is 23.6. The Bertz CT molecular complexity index is 925. The Hall–Kier alpha value is -2.04. The Kier molecular flexibility index (Phi) is 8.39. The minimum absolute atomic E-state index is 0.105. The summed E-state index contributed by atoms with van der Waals surface area (Å²) in [5.74, 6) is -0.221. The topological polar surface area (TPSA) is 49.4 Å². The number of hydrogen-bond donors (Lipinski definition) is 1. The molecule has 6 heteroatoms. The van der Waals surface area contributed by atoms with E-state index in [-0.39, 0.29) is 30.8 Å². The van der Waals surface area contributed by atoms with Gasteiger partial charge < -0.3 is 10.2 Å². The number of hydrogen-bond acceptors (Lipinski definition) is 2. The highest BCUT2D eigenvalue weighted by Gasteiger charge is 2.28. The van der Waals surface area contributed by atoms with Crippen LogP contribution in [0.3, 0.4) is 0 Å². The van der Waals surface area contributed by atoms with E-state index >= 15 is 0 Å². The average Bonchev–Trinajstić information content (AvgIpc) is 2.75. The monoisotopic (exact) mass is 460 g/mol. The summed E-state index contributed by atoms with van der Waals surface area (Å²) in [6, 6.07) is 12.6. The fraction of sp³-hybridized carbons (Fsp3) is 0.440. The van der Waals surface area contributed by atoms with Gasteiger partial charge >= 0.3 is 0 Å². The Balaban J connectivity index is 1.80. The molecule has 0 heterocycles. The van der Waals surface area contributed by atoms with Gasteiger partial charge in [-0.05, 0) is 55.5 Å². The van der Waals surface area contributed by atoms with Gasteiger partial charge in [-0.25, -0.2) is 0 Å². The van der Waals surface area contributed by atoms with Gasteiger partial charge in [0, 0.05) is 22.6 Å². The van der Waals surface area contributed by atoms with Crippen LogP contribution in [0.1, 0.15) is 55.7 Å². The number of carbonyl (C=O) groups excluding carboxylic acids is 2. The summed E-state index contributed by atoms with van der Waals surface area (Å²) >= 11 is 12.4. The lowest BCUT2D eigenvalue weighted by molar-refractivity contribution is -0.140. The Morgan fingerprint density at radius 3 is 2.45 bits per heavy atom. The van der Waals surface area contributed by atoms with E-state index in [2.05, 4.69) is 5.32 Å². The molecule has 0 aromatic heterocycles. The number of halogens is 2. The van der Waals surface area contributed by atoms with Gasteiger partial charge in [-0.1, -0.05) is 72.8 Å². The lowest BCUT2D eigenvalue weighted by Gasteiger charge is -2.31. The molecule has 1 unspecified atom stereocenters. The summed E-state index contributed by atoms with van der Waals surface area (Å²) in [6.07, 6.45) is 5.72. The van der Waals surface area contributed by atoms with E-state index in [0.717, 1.165) is 42.4 Å². The molecule has 1 aliphatic rings. The Morgan fingerprint density at radius 1 is 1.06 bits per heavy atom. The van der Waals surface area contributed by atoms with E-state index in [9.17, 15) is 9.59 Å². The van der Waals surface area contributed by atoms with E-state index in [1.807, 2.05) is 37.3 Å². The van der Waals surface area contributed by atoms with Crippen LogP contribution in [-0.4, -0.2) is 28.8 Å². The van der Waals surface area contributed by atoms with Crippen molar-refractivity contribution >= 4 is 35.0 Å². The predicted molar refractivity (Wildman–Crippen MR) is 126 cm³/mol. The zero-order chi connectivity index (χ0) is 22.4. The van der Waals surface area contributed by atoms with Gasteiger partial charge in [0.15, 0.2) is 0 Å². The summed E-state index contributed by atoms with van der Waals surface area (Å²) in [4.78, 5) is 28.0. The van der Waals surface area contributed by atoms with Gasteiger partial charge in [-0.3, -0.25) is 9.59 Å². The van der Waals surface area contributed by atoms with Crippen LogP contribution in [-0.2, 0) is 22.6 Å². The van der Waals surface area contributed by atoms with Crippen LogP contribution >= 0.6 is 23.2 Å². The molecule has 0 radical (unpaired) electrons. The number of nitrogens with zero attached hydrogens (tertiary/aromatic N) is 1. The second kappa shape index (κ2) is 11.0. The minimum Gasteiger partial charge on any atom is -0.352 e. The van der Waals surface area contributed by atoms with Crippen molar-refractivity contribution in [3.05, 3.63) is 69.2 Å². The summed E-state index contributed by atoms with van der Waals surface area (Å²) < 4.78 is 0. The zero-order valence-corrected chi connectivity index (χ0v) is 19.7. The molecule has 0 saturated heterocycles. The summed E-state index contributed by atoms with van der Waals surface area (Å²) in [7, 11) is 0. The van der Waals surface area contributed by atoms with Crippen LogP contribution in [0.5, 0.6) is 0 Å². The van der Waals surface area contributed by atoms with Crippen molar-refractivity contribution in [3.63, 3.8) is 0 Å². The maximum Gasteiger partial charge on any atom is 0.242 e. The molecule has 31 heavy (non-hydrogen) atoms. The van der Waals surface area contributed by atoms with Gasteiger partial charge in [0.05, 0.1) is 6.42 Å². The minimum atomic E-state index is -0.606. The highest BCUT2D eigenvalue weighted by atomic mass is 35.5. The van der Waals surface area contributed by atoms with Crippen molar-refractivity contribution in [3.8, 4) is 0 Å². The number of amides is 2. The maximum atomic E-state index is 13.4. The molecule has 0 aliphatic heterocycles. The largest absolute Gasteiger partial charge is 0.352 e. The van der Waals surface area contributed by atoms with Gasteiger partial charge in [-0.15, -0.1) is 0 Å². The van der Waals surface area contributed by atoms with E-state index in [0.29, 0.717) is 10.0 Å². The van der Waals surface area contributed by atoms with Gasteiger partial charge in [-0.2, -0.15) is 0 Å². The SMILES string of the molecule is Cc1ccccc1CC(=O)N(Cc1ccc(Cl)cc1Cl)C(C)C(=O)NC1CCCCC1. The first-order valence-corrected chi connectivity index (χ1v) is 11.7. The molecule has 0 spiro atoms. The fourth-order valence-electron chi connectivity index (χ4n) is 4.06. The third-order valence-electron chi connectivity index (χ3n) is 6.08. The number of nitrogens with one attached hydrogen (secondary N) is 1. The fourth-order valence-corrected chi connectivity index (χ4v) is 4.53. The third kappa shape index (κ3) is 6.47. The second-order valence-electron chi connectivity index (χ2n) is 8.38. The van der Waals surface area contributed by atoms with E-state index in [4.69, 9.17) is 23.2 Å². The highest BCUT2D eigenvalue weighted by Crippen LogP contribution is 2.24. The smallest absolute Gasteiger partial charge is 0.242 e. The number of benzene rings is 2. The first-order valence-electron chi connectivity index (χ1n) is 10.9. The molecule has 1 N–H and O–H groups in total. The molecule has 1 saturated carbocycles. The van der Waals surface area contributed by atoms with Crippen molar-refractivity contribution in [1.82, 2.24) is 10.2 Å². The lowest BCUT2D eigenvalue weighted by Crippen LogP contribution is -2.50. The summed E-state index contributed by atoms with van der Waals surface area (Å²) in [5, 5.41) is 4.18. The van der Waals surface area contributed by atoms with Gasteiger partial charge in [0.1, 0.15) is 6.04 Å². The van der Waals surface area contributed by atoms with Crippen molar-refractivity contribution in [2.24, 2.45) is 0 Å². The number of rotatable bonds is 7. The number of aryl methyl sites for hydroxylation is 1. The van der Waals surface area contributed by atoms with Crippen LogP contribution in [0.25, 0.3) is 0 Å². The quantitative estimate of drug-likeness (QED) is 0.574. The van der Waals surface area contributed by atoms with Gasteiger partial charge in [0.25, 0.3) is 0 Å². The van der Waals surface area contributed by atoms with Crippen molar-refractivity contribution in [2.45, 2.75) is 71.0 Å². The van der Waals surface area contributed by atoms with Crippen molar-refractivity contribution in [1.29, 1.82) is 0 Å². The molecule has 1 aliphatic carbocycles. The van der Waals surface area contributed by atoms with Crippen molar-refractivity contribution < 1.29 is 9.59 Å². The maximum absolute atomic E-state index is 13.4. The Morgan fingerprint density at radius 2 is 1.77 bits per heavy atom. The zero-order valence-electron chi connectivity index (χ0n) is 18.2. The van der Waals surface area contributed by atoms with E-state index in [1.54, 1.807) is 24.0 Å². The standard InChI is InChI=1S/C25H30Cl2N2O2/c1-17-8-6-7-9-19(17)14-24(30)29(16-20-12-13-21(26)15-23(20)27)18(2)25(31)28-22-10-4-3-5-11-22/h6-9,12-13,15,18,22H,3-5,10-11,14,16H2,1-2H3,(H,28,31). The lowest BCUT2D eigenvalue weighted by atomic mass is 9.95. The summed E-state index contributed by atoms with van der Waals surface area (Å²) in [5.41, 5.74) is 2.78. The van der Waals surface area contributed by atoms with Crippen LogP contribution in [0.4, 0.5) is 0 Å². The molecule has 1 atom stereocenters. The van der Waals surface area contributed by atoms with Crippen molar-refractivity contribution in [2.75, 3.05) is 0 Å². The molecule has 2 aromatic rings. The average molecular weight is 461 g/mol. The summed E-state index contributed by atoms with van der Waals surface area (Å²) in [6.45, 7) is 4.03. The molecular weight excluding hydrogens is 431 g/mol. The molecule has 166 valence electrons. The molecule has 1 fully saturated rings. The van der Waals surface area contributed by atoms with Crippen LogP contribution in [0.15, 0.2) is 42.5 Å².